The van der Waals surface area contributed by atoms with Crippen molar-refractivity contribution in [2.75, 3.05) is 36.0 Å². The molecule has 1 fully saturated rings. The van der Waals surface area contributed by atoms with Crippen LogP contribution in [0.25, 0.3) is 11.0 Å². The Bertz CT molecular complexity index is 1170. The van der Waals surface area contributed by atoms with E-state index < -0.39 is 0 Å². The van der Waals surface area contributed by atoms with E-state index in [4.69, 9.17) is 4.98 Å². The molecular weight excluding hydrogens is 368 g/mol. The van der Waals surface area contributed by atoms with Crippen LogP contribution in [0.1, 0.15) is 16.7 Å². The van der Waals surface area contributed by atoms with E-state index in [0.717, 1.165) is 44.2 Å². The molecule has 4 nitrogen and oxygen atoms in total. The zero-order chi connectivity index (χ0) is 20.5. The number of para-hydroxylation sites is 3. The Balaban J connectivity index is 1.45. The first-order valence-electron chi connectivity index (χ1n) is 10.8. The van der Waals surface area contributed by atoms with Crippen LogP contribution in [-0.2, 0) is 6.54 Å². The lowest BCUT2D eigenvalue weighted by atomic mass is 10.1. The molecule has 152 valence electrons. The van der Waals surface area contributed by atoms with Crippen molar-refractivity contribution in [1.29, 1.82) is 0 Å². The molecule has 4 aromatic rings. The fraction of sp³-hybridized carbons (Fsp3) is 0.269. The van der Waals surface area contributed by atoms with Gasteiger partial charge in [0.1, 0.15) is 0 Å². The van der Waals surface area contributed by atoms with E-state index in [1.807, 2.05) is 0 Å². The van der Waals surface area contributed by atoms with Gasteiger partial charge in [0.25, 0.3) is 0 Å². The highest BCUT2D eigenvalue weighted by Crippen LogP contribution is 2.27. The van der Waals surface area contributed by atoms with E-state index >= 15 is 0 Å². The smallest absolute Gasteiger partial charge is 0.206 e. The topological polar surface area (TPSA) is 24.3 Å². The fourth-order valence-electron chi connectivity index (χ4n) is 4.48. The number of imidazole rings is 1. The number of anilines is 2. The Labute approximate surface area is 178 Å². The van der Waals surface area contributed by atoms with Crippen molar-refractivity contribution in [2.45, 2.75) is 20.4 Å². The molecule has 1 aromatic heterocycles. The third kappa shape index (κ3) is 3.43. The largest absolute Gasteiger partial charge is 0.368 e. The van der Waals surface area contributed by atoms with E-state index in [9.17, 15) is 0 Å². The van der Waals surface area contributed by atoms with E-state index in [-0.39, 0.29) is 0 Å². The fourth-order valence-corrected chi connectivity index (χ4v) is 4.48. The predicted molar refractivity (Wildman–Crippen MR) is 126 cm³/mol. The lowest BCUT2D eigenvalue weighted by molar-refractivity contribution is 0.624. The summed E-state index contributed by atoms with van der Waals surface area (Å²) < 4.78 is 2.39. The zero-order valence-electron chi connectivity index (χ0n) is 17.8. The minimum Gasteiger partial charge on any atom is -0.368 e. The quantitative estimate of drug-likeness (QED) is 0.484. The van der Waals surface area contributed by atoms with Crippen LogP contribution in [-0.4, -0.2) is 35.7 Å². The normalized spacial score (nSPS) is 14.5. The van der Waals surface area contributed by atoms with E-state index in [1.165, 1.54) is 27.9 Å². The summed E-state index contributed by atoms with van der Waals surface area (Å²) in [5.74, 6) is 1.09. The third-order valence-corrected chi connectivity index (χ3v) is 6.24. The van der Waals surface area contributed by atoms with Crippen molar-refractivity contribution in [3.8, 4) is 0 Å². The SMILES string of the molecule is Cc1ccccc1Cn1c(N2CCN(c3ccccc3C)CC2)nc2ccccc21. The number of fused-ring (bicyclic) bond motifs is 1. The first-order valence-corrected chi connectivity index (χ1v) is 10.8. The molecule has 30 heavy (non-hydrogen) atoms. The van der Waals surface area contributed by atoms with Crippen LogP contribution in [0.2, 0.25) is 0 Å². The Hall–Kier alpha value is -3.27. The van der Waals surface area contributed by atoms with Gasteiger partial charge < -0.3 is 14.4 Å². The lowest BCUT2D eigenvalue weighted by Crippen LogP contribution is -2.47. The molecule has 1 saturated heterocycles. The molecule has 1 aliphatic heterocycles. The molecule has 0 aliphatic carbocycles. The summed E-state index contributed by atoms with van der Waals surface area (Å²) in [4.78, 5) is 10.00. The molecule has 4 heteroatoms. The van der Waals surface area contributed by atoms with E-state index in [0.29, 0.717) is 0 Å². The third-order valence-electron chi connectivity index (χ3n) is 6.24. The Morgan fingerprint density at radius 3 is 2.10 bits per heavy atom. The van der Waals surface area contributed by atoms with Crippen molar-refractivity contribution >= 4 is 22.7 Å². The average molecular weight is 397 g/mol. The van der Waals surface area contributed by atoms with Gasteiger partial charge in [-0.3, -0.25) is 0 Å². The van der Waals surface area contributed by atoms with Crippen LogP contribution in [0, 0.1) is 13.8 Å². The van der Waals surface area contributed by atoms with Crippen LogP contribution in [0.15, 0.2) is 72.8 Å². The number of nitrogens with zero attached hydrogens (tertiary/aromatic N) is 4. The van der Waals surface area contributed by atoms with Gasteiger partial charge in [0, 0.05) is 31.9 Å². The molecule has 0 spiro atoms. The van der Waals surface area contributed by atoms with Gasteiger partial charge >= 0.3 is 0 Å². The average Bonchev–Trinajstić information content (AvgIpc) is 3.14. The minimum absolute atomic E-state index is 0.848. The first-order chi connectivity index (χ1) is 14.7. The van der Waals surface area contributed by atoms with Crippen molar-refractivity contribution in [3.63, 3.8) is 0 Å². The molecule has 5 rings (SSSR count). The highest BCUT2D eigenvalue weighted by molar-refractivity contribution is 5.79. The number of piperazine rings is 1. The molecule has 3 aromatic carbocycles. The highest BCUT2D eigenvalue weighted by atomic mass is 15.4. The summed E-state index contributed by atoms with van der Waals surface area (Å²) in [6.45, 7) is 9.21. The molecular formula is C26H28N4. The summed E-state index contributed by atoms with van der Waals surface area (Å²) >= 11 is 0. The highest BCUT2D eigenvalue weighted by Gasteiger charge is 2.23. The van der Waals surface area contributed by atoms with Crippen molar-refractivity contribution in [3.05, 3.63) is 89.5 Å². The van der Waals surface area contributed by atoms with Crippen molar-refractivity contribution in [1.82, 2.24) is 9.55 Å². The zero-order valence-corrected chi connectivity index (χ0v) is 17.8. The second-order valence-corrected chi connectivity index (χ2v) is 8.17. The van der Waals surface area contributed by atoms with Crippen molar-refractivity contribution < 1.29 is 0 Å². The summed E-state index contributed by atoms with van der Waals surface area (Å²) in [6.07, 6.45) is 0. The molecule has 0 saturated carbocycles. The molecule has 0 bridgehead atoms. The molecule has 0 amide bonds. The maximum absolute atomic E-state index is 5.05. The van der Waals surface area contributed by atoms with E-state index in [1.54, 1.807) is 0 Å². The monoisotopic (exact) mass is 396 g/mol. The summed E-state index contributed by atoms with van der Waals surface area (Å²) in [7, 11) is 0. The van der Waals surface area contributed by atoms with Crippen LogP contribution in [0.3, 0.4) is 0 Å². The van der Waals surface area contributed by atoms with Gasteiger partial charge in [0.05, 0.1) is 17.6 Å². The number of aryl methyl sites for hydroxylation is 2. The predicted octanol–water partition coefficient (Wildman–Crippen LogP) is 5.03. The maximum atomic E-state index is 5.05. The molecule has 0 radical (unpaired) electrons. The Morgan fingerprint density at radius 2 is 1.33 bits per heavy atom. The number of hydrogen-bond donors (Lipinski definition) is 0. The Kier molecular flexibility index (Phi) is 4.91. The van der Waals surface area contributed by atoms with Gasteiger partial charge in [-0.2, -0.15) is 0 Å². The Morgan fingerprint density at radius 1 is 0.700 bits per heavy atom. The number of hydrogen-bond acceptors (Lipinski definition) is 3. The molecule has 0 atom stereocenters. The van der Waals surface area contributed by atoms with Crippen molar-refractivity contribution in [2.24, 2.45) is 0 Å². The lowest BCUT2D eigenvalue weighted by Gasteiger charge is -2.37. The van der Waals surface area contributed by atoms with Crippen LogP contribution < -0.4 is 9.80 Å². The van der Waals surface area contributed by atoms with E-state index in [2.05, 4.69) is 101 Å². The summed E-state index contributed by atoms with van der Waals surface area (Å²) in [5.41, 5.74) is 7.65. The number of rotatable bonds is 4. The maximum Gasteiger partial charge on any atom is 0.206 e. The molecule has 0 N–H and O–H groups in total. The minimum atomic E-state index is 0.848. The first kappa shape index (κ1) is 18.7. The van der Waals surface area contributed by atoms with Crippen LogP contribution in [0.5, 0.6) is 0 Å². The van der Waals surface area contributed by atoms with Gasteiger partial charge in [-0.15, -0.1) is 0 Å². The number of aromatic nitrogens is 2. The molecule has 2 heterocycles. The van der Waals surface area contributed by atoms with Crippen LogP contribution in [0.4, 0.5) is 11.6 Å². The second-order valence-electron chi connectivity index (χ2n) is 8.17. The molecule has 0 unspecified atom stereocenters. The number of benzene rings is 3. The van der Waals surface area contributed by atoms with Gasteiger partial charge in [-0.1, -0.05) is 54.6 Å². The summed E-state index contributed by atoms with van der Waals surface area (Å²) in [5, 5.41) is 0. The molecule has 1 aliphatic rings. The van der Waals surface area contributed by atoms with Gasteiger partial charge in [-0.25, -0.2) is 4.98 Å². The standard InChI is InChI=1S/C26H28N4/c1-20-9-3-5-11-22(20)19-30-25-14-8-6-12-23(25)27-26(30)29-17-15-28(16-18-29)24-13-7-4-10-21(24)2/h3-14H,15-19H2,1-2H3. The van der Waals surface area contributed by atoms with Gasteiger partial charge in [0.15, 0.2) is 0 Å². The second kappa shape index (κ2) is 7.86. The summed E-state index contributed by atoms with van der Waals surface area (Å²) in [6, 6.07) is 25.8. The van der Waals surface area contributed by atoms with Gasteiger partial charge in [0.2, 0.25) is 5.95 Å². The van der Waals surface area contributed by atoms with Crippen LogP contribution >= 0.6 is 0 Å². The van der Waals surface area contributed by atoms with Gasteiger partial charge in [-0.05, 0) is 48.7 Å².